The van der Waals surface area contributed by atoms with E-state index in [0.717, 1.165) is 28.2 Å². The van der Waals surface area contributed by atoms with Crippen LogP contribution in [0, 0.1) is 18.3 Å². The topological polar surface area (TPSA) is 54.0 Å². The number of aryl methyl sites for hydroxylation is 1. The largest absolute Gasteiger partial charge is 0.302 e. The first-order valence-corrected chi connectivity index (χ1v) is 6.49. The van der Waals surface area contributed by atoms with Gasteiger partial charge < -0.3 is 4.40 Å². The maximum Gasteiger partial charge on any atom is 0.137 e. The van der Waals surface area contributed by atoms with Crippen LogP contribution in [0.4, 0.5) is 0 Å². The minimum Gasteiger partial charge on any atom is -0.302 e. The summed E-state index contributed by atoms with van der Waals surface area (Å²) in [5.41, 5.74) is 4.79. The fourth-order valence-corrected chi connectivity index (χ4v) is 2.36. The van der Waals surface area contributed by atoms with Crippen molar-refractivity contribution < 1.29 is 0 Å². The molecule has 1 atom stereocenters. The smallest absolute Gasteiger partial charge is 0.137 e. The maximum atomic E-state index is 9.29. The lowest BCUT2D eigenvalue weighted by Crippen LogP contribution is -1.98. The van der Waals surface area contributed by atoms with E-state index in [0.29, 0.717) is 0 Å². The number of imidazole rings is 1. The second kappa shape index (κ2) is 4.78. The molecule has 0 N–H and O–H groups in total. The van der Waals surface area contributed by atoms with Gasteiger partial charge in [0.05, 0.1) is 23.4 Å². The van der Waals surface area contributed by atoms with Gasteiger partial charge in [0.15, 0.2) is 0 Å². The van der Waals surface area contributed by atoms with Gasteiger partial charge in [0.25, 0.3) is 0 Å². The molecular weight excluding hydrogens is 248 g/mol. The quantitative estimate of drug-likeness (QED) is 0.711. The second-order valence-electron chi connectivity index (χ2n) is 4.86. The molecule has 0 fully saturated rings. The Labute approximate surface area is 117 Å². The molecule has 0 saturated heterocycles. The Balaban J connectivity index is 2.34. The number of aromatic nitrogens is 3. The minimum absolute atomic E-state index is 0.226. The van der Waals surface area contributed by atoms with E-state index < -0.39 is 0 Å². The Morgan fingerprint density at radius 2 is 2.00 bits per heavy atom. The highest BCUT2D eigenvalue weighted by Crippen LogP contribution is 2.29. The van der Waals surface area contributed by atoms with Gasteiger partial charge in [-0.2, -0.15) is 5.26 Å². The lowest BCUT2D eigenvalue weighted by Gasteiger charge is -2.06. The monoisotopic (exact) mass is 262 g/mol. The molecule has 0 radical (unpaired) electrons. The highest BCUT2D eigenvalue weighted by Gasteiger charge is 2.19. The Morgan fingerprint density at radius 3 is 2.70 bits per heavy atom. The summed E-state index contributed by atoms with van der Waals surface area (Å²) in [5.74, 6) is -0.226. The van der Waals surface area contributed by atoms with E-state index in [1.165, 1.54) is 0 Å². The van der Waals surface area contributed by atoms with Gasteiger partial charge in [-0.25, -0.2) is 4.98 Å². The summed E-state index contributed by atoms with van der Waals surface area (Å²) in [7, 11) is 0. The van der Waals surface area contributed by atoms with Gasteiger partial charge in [-0.1, -0.05) is 0 Å². The van der Waals surface area contributed by atoms with E-state index >= 15 is 0 Å². The van der Waals surface area contributed by atoms with Crippen molar-refractivity contribution in [2.75, 3.05) is 0 Å². The molecule has 4 nitrogen and oxygen atoms in total. The summed E-state index contributed by atoms with van der Waals surface area (Å²) in [6.45, 7) is 3.93. The van der Waals surface area contributed by atoms with Crippen molar-refractivity contribution in [1.29, 1.82) is 5.26 Å². The van der Waals surface area contributed by atoms with Crippen molar-refractivity contribution in [2.45, 2.75) is 19.8 Å². The SMILES string of the molecule is Cc1ccn2c(C(C)C#N)c(-c3ccncc3)nc2c1. The average Bonchev–Trinajstić information content (AvgIpc) is 2.85. The molecule has 3 heterocycles. The molecule has 98 valence electrons. The number of hydrogen-bond acceptors (Lipinski definition) is 3. The lowest BCUT2D eigenvalue weighted by atomic mass is 10.0. The third-order valence-electron chi connectivity index (χ3n) is 3.38. The van der Waals surface area contributed by atoms with Crippen LogP contribution in [0.1, 0.15) is 24.1 Å². The molecule has 0 aliphatic heterocycles. The fraction of sp³-hybridized carbons (Fsp3) is 0.188. The molecule has 0 spiro atoms. The summed E-state index contributed by atoms with van der Waals surface area (Å²) in [6.07, 6.45) is 5.46. The first kappa shape index (κ1) is 12.4. The van der Waals surface area contributed by atoms with Crippen LogP contribution in [-0.4, -0.2) is 14.4 Å². The first-order chi connectivity index (χ1) is 9.70. The molecule has 4 heteroatoms. The van der Waals surface area contributed by atoms with Crippen LogP contribution in [-0.2, 0) is 0 Å². The highest BCUT2D eigenvalue weighted by molar-refractivity contribution is 5.67. The van der Waals surface area contributed by atoms with E-state index in [1.54, 1.807) is 12.4 Å². The van der Waals surface area contributed by atoms with Crippen molar-refractivity contribution in [3.05, 3.63) is 54.1 Å². The molecule has 3 aromatic rings. The van der Waals surface area contributed by atoms with E-state index in [9.17, 15) is 5.26 Å². The Bertz CT molecular complexity index is 796. The fourth-order valence-electron chi connectivity index (χ4n) is 2.36. The summed E-state index contributed by atoms with van der Waals surface area (Å²) in [5, 5.41) is 9.29. The van der Waals surface area contributed by atoms with Gasteiger partial charge in [-0.15, -0.1) is 0 Å². The summed E-state index contributed by atoms with van der Waals surface area (Å²) >= 11 is 0. The molecule has 0 aliphatic rings. The lowest BCUT2D eigenvalue weighted by molar-refractivity contribution is 0.899. The zero-order chi connectivity index (χ0) is 14.1. The first-order valence-electron chi connectivity index (χ1n) is 6.49. The predicted octanol–water partition coefficient (Wildman–Crippen LogP) is 3.33. The van der Waals surface area contributed by atoms with E-state index in [1.807, 2.05) is 48.7 Å². The Kier molecular flexibility index (Phi) is 2.96. The third-order valence-corrected chi connectivity index (χ3v) is 3.38. The Morgan fingerprint density at radius 1 is 1.25 bits per heavy atom. The standard InChI is InChI=1S/C16H14N4/c1-11-5-8-20-14(9-11)19-15(16(20)12(2)10-17)13-3-6-18-7-4-13/h3-9,12H,1-2H3. The second-order valence-corrected chi connectivity index (χ2v) is 4.86. The van der Waals surface area contributed by atoms with Gasteiger partial charge in [-0.05, 0) is 43.7 Å². The van der Waals surface area contributed by atoms with Crippen molar-refractivity contribution in [3.63, 3.8) is 0 Å². The van der Waals surface area contributed by atoms with Crippen molar-refractivity contribution in [1.82, 2.24) is 14.4 Å². The zero-order valence-corrected chi connectivity index (χ0v) is 11.4. The molecule has 0 aromatic carbocycles. The number of pyridine rings is 2. The minimum atomic E-state index is -0.226. The molecule has 3 rings (SSSR count). The van der Waals surface area contributed by atoms with Crippen LogP contribution in [0.25, 0.3) is 16.9 Å². The summed E-state index contributed by atoms with van der Waals surface area (Å²) in [4.78, 5) is 8.73. The molecule has 3 aromatic heterocycles. The van der Waals surface area contributed by atoms with Gasteiger partial charge >= 0.3 is 0 Å². The molecular formula is C16H14N4. The number of fused-ring (bicyclic) bond motifs is 1. The summed E-state index contributed by atoms with van der Waals surface area (Å²) in [6, 6.07) is 10.2. The van der Waals surface area contributed by atoms with Gasteiger partial charge in [0, 0.05) is 24.2 Å². The third kappa shape index (κ3) is 1.94. The van der Waals surface area contributed by atoms with E-state index in [-0.39, 0.29) is 5.92 Å². The zero-order valence-electron chi connectivity index (χ0n) is 11.4. The van der Waals surface area contributed by atoms with Crippen molar-refractivity contribution >= 4 is 5.65 Å². The molecule has 1 unspecified atom stereocenters. The molecule has 0 saturated carbocycles. The van der Waals surface area contributed by atoms with E-state index in [2.05, 4.69) is 11.1 Å². The van der Waals surface area contributed by atoms with Gasteiger partial charge in [0.2, 0.25) is 0 Å². The Hall–Kier alpha value is -2.67. The van der Waals surface area contributed by atoms with Crippen LogP contribution in [0.15, 0.2) is 42.9 Å². The van der Waals surface area contributed by atoms with Gasteiger partial charge in [-0.3, -0.25) is 4.98 Å². The van der Waals surface area contributed by atoms with E-state index in [4.69, 9.17) is 4.98 Å². The molecule has 20 heavy (non-hydrogen) atoms. The normalized spacial score (nSPS) is 12.2. The van der Waals surface area contributed by atoms with Crippen LogP contribution < -0.4 is 0 Å². The number of hydrogen-bond donors (Lipinski definition) is 0. The van der Waals surface area contributed by atoms with Crippen LogP contribution >= 0.6 is 0 Å². The number of nitriles is 1. The maximum absolute atomic E-state index is 9.29. The van der Waals surface area contributed by atoms with Crippen molar-refractivity contribution in [2.24, 2.45) is 0 Å². The summed E-state index contributed by atoms with van der Waals surface area (Å²) < 4.78 is 2.00. The predicted molar refractivity (Wildman–Crippen MR) is 77.2 cm³/mol. The van der Waals surface area contributed by atoms with Crippen molar-refractivity contribution in [3.8, 4) is 17.3 Å². The van der Waals surface area contributed by atoms with Crippen LogP contribution in [0.2, 0.25) is 0 Å². The average molecular weight is 262 g/mol. The number of nitrogens with zero attached hydrogens (tertiary/aromatic N) is 4. The highest BCUT2D eigenvalue weighted by atomic mass is 15.0. The van der Waals surface area contributed by atoms with Crippen LogP contribution in [0.5, 0.6) is 0 Å². The van der Waals surface area contributed by atoms with Gasteiger partial charge in [0.1, 0.15) is 5.65 Å². The number of rotatable bonds is 2. The molecule has 0 aliphatic carbocycles. The molecule has 0 bridgehead atoms. The van der Waals surface area contributed by atoms with Crippen LogP contribution in [0.3, 0.4) is 0 Å². The molecule has 0 amide bonds.